The second-order valence-electron chi connectivity index (χ2n) is 7.61. The lowest BCUT2D eigenvalue weighted by atomic mass is 10.1. The summed E-state index contributed by atoms with van der Waals surface area (Å²) < 4.78 is 76.6. The molecule has 2 N–H and O–H groups in total. The van der Waals surface area contributed by atoms with Crippen LogP contribution in [0.15, 0.2) is 59.5 Å². The van der Waals surface area contributed by atoms with E-state index in [1.807, 2.05) is 0 Å². The Morgan fingerprint density at radius 2 is 1.81 bits per heavy atom. The topological polar surface area (TPSA) is 101 Å². The van der Waals surface area contributed by atoms with Crippen molar-refractivity contribution >= 4 is 67.6 Å². The van der Waals surface area contributed by atoms with Crippen molar-refractivity contribution in [1.29, 1.82) is 0 Å². The molecule has 4 rings (SSSR count). The summed E-state index contributed by atoms with van der Waals surface area (Å²) in [6.45, 7) is 1.61. The third kappa shape index (κ3) is 5.41. The Hall–Kier alpha value is -2.93. The van der Waals surface area contributed by atoms with Crippen LogP contribution in [0.1, 0.15) is 34.5 Å². The van der Waals surface area contributed by atoms with E-state index < -0.39 is 39.4 Å². The zero-order chi connectivity index (χ0) is 26.3. The van der Waals surface area contributed by atoms with E-state index in [-0.39, 0.29) is 21.0 Å². The van der Waals surface area contributed by atoms with Gasteiger partial charge in [0.25, 0.3) is 15.9 Å². The normalized spacial score (nSPS) is 12.9. The zero-order valence-corrected chi connectivity index (χ0v) is 21.2. The summed E-state index contributed by atoms with van der Waals surface area (Å²) in [7, 11) is -4.45. The molecule has 1 unspecified atom stereocenters. The minimum Gasteiger partial charge on any atom is -0.345 e. The second kappa shape index (κ2) is 9.85. The number of benzene rings is 3. The van der Waals surface area contributed by atoms with Crippen LogP contribution in [0.25, 0.3) is 11.0 Å². The Kier molecular flexibility index (Phi) is 7.15. The number of amides is 1. The van der Waals surface area contributed by atoms with Gasteiger partial charge in [-0.2, -0.15) is 21.9 Å². The summed E-state index contributed by atoms with van der Waals surface area (Å²) in [5.74, 6) is -0.825. The van der Waals surface area contributed by atoms with Crippen molar-refractivity contribution in [3.8, 4) is 0 Å². The Morgan fingerprint density at radius 1 is 1.06 bits per heavy atom. The fourth-order valence-electron chi connectivity index (χ4n) is 3.41. The summed E-state index contributed by atoms with van der Waals surface area (Å²) >= 11 is 12.9. The first-order valence-corrected chi connectivity index (χ1v) is 13.0. The first-order valence-electron chi connectivity index (χ1n) is 10.1. The molecule has 0 saturated carbocycles. The molecule has 0 saturated heterocycles. The quantitative estimate of drug-likeness (QED) is 0.281. The van der Waals surface area contributed by atoms with Crippen molar-refractivity contribution in [3.05, 3.63) is 81.3 Å². The van der Waals surface area contributed by atoms with Crippen LogP contribution in [0.2, 0.25) is 10.0 Å². The number of rotatable bonds is 6. The van der Waals surface area contributed by atoms with Crippen LogP contribution in [0, 0.1) is 0 Å². The summed E-state index contributed by atoms with van der Waals surface area (Å²) in [5.41, 5.74) is -1.16. The van der Waals surface area contributed by atoms with Gasteiger partial charge in [-0.05, 0) is 55.0 Å². The van der Waals surface area contributed by atoms with Crippen LogP contribution >= 0.6 is 34.9 Å². The Labute approximate surface area is 217 Å². The Morgan fingerprint density at radius 3 is 2.50 bits per heavy atom. The minimum absolute atomic E-state index is 0.0546. The molecule has 1 amide bonds. The number of alkyl halides is 3. The molecule has 188 valence electrons. The van der Waals surface area contributed by atoms with Gasteiger partial charge in [-0.3, -0.25) is 9.52 Å². The molecule has 36 heavy (non-hydrogen) atoms. The molecule has 1 aromatic heterocycles. The molecule has 4 aromatic rings. The lowest BCUT2D eigenvalue weighted by molar-refractivity contribution is -0.137. The number of carbonyl (C=O) groups excluding carboxylic acids is 1. The predicted molar refractivity (Wildman–Crippen MR) is 132 cm³/mol. The first-order chi connectivity index (χ1) is 16.9. The molecule has 0 aliphatic rings. The lowest BCUT2D eigenvalue weighted by Crippen LogP contribution is -2.28. The molecule has 14 heteroatoms. The highest BCUT2D eigenvalue weighted by Crippen LogP contribution is 2.34. The first kappa shape index (κ1) is 26.1. The largest absolute Gasteiger partial charge is 0.416 e. The van der Waals surface area contributed by atoms with E-state index in [1.165, 1.54) is 18.2 Å². The molecule has 1 atom stereocenters. The van der Waals surface area contributed by atoms with Gasteiger partial charge in [0.05, 0.1) is 34.6 Å². The molecule has 0 bridgehead atoms. The molecular formula is C22H15Cl2F3N4O3S2. The predicted octanol–water partition coefficient (Wildman–Crippen LogP) is 6.31. The highest BCUT2D eigenvalue weighted by molar-refractivity contribution is 7.93. The molecule has 0 aliphatic carbocycles. The zero-order valence-electron chi connectivity index (χ0n) is 18.1. The highest BCUT2D eigenvalue weighted by atomic mass is 35.5. The summed E-state index contributed by atoms with van der Waals surface area (Å²) in [6, 6.07) is 10.3. The van der Waals surface area contributed by atoms with Gasteiger partial charge in [-0.15, -0.1) is 0 Å². The van der Waals surface area contributed by atoms with Crippen molar-refractivity contribution in [2.45, 2.75) is 24.0 Å². The fraction of sp³-hybridized carbons (Fsp3) is 0.136. The van der Waals surface area contributed by atoms with Crippen LogP contribution in [-0.4, -0.2) is 23.1 Å². The molecule has 7 nitrogen and oxygen atoms in total. The van der Waals surface area contributed by atoms with Crippen LogP contribution < -0.4 is 10.0 Å². The van der Waals surface area contributed by atoms with E-state index in [1.54, 1.807) is 25.1 Å². The van der Waals surface area contributed by atoms with Gasteiger partial charge < -0.3 is 5.32 Å². The summed E-state index contributed by atoms with van der Waals surface area (Å²) in [6.07, 6.45) is -4.78. The lowest BCUT2D eigenvalue weighted by Gasteiger charge is -2.19. The van der Waals surface area contributed by atoms with Gasteiger partial charge in [0.2, 0.25) is 0 Å². The molecule has 0 spiro atoms. The average molecular weight is 575 g/mol. The van der Waals surface area contributed by atoms with Crippen LogP contribution in [0.4, 0.5) is 18.9 Å². The Bertz CT molecular complexity index is 1580. The molecular weight excluding hydrogens is 560 g/mol. The third-order valence-electron chi connectivity index (χ3n) is 5.15. The van der Waals surface area contributed by atoms with Gasteiger partial charge in [0, 0.05) is 10.0 Å². The number of aromatic nitrogens is 2. The maximum absolute atomic E-state index is 13.4. The molecule has 1 heterocycles. The van der Waals surface area contributed by atoms with Crippen molar-refractivity contribution in [3.63, 3.8) is 0 Å². The maximum Gasteiger partial charge on any atom is 0.416 e. The van der Waals surface area contributed by atoms with Gasteiger partial charge in [0.15, 0.2) is 0 Å². The van der Waals surface area contributed by atoms with Gasteiger partial charge in [-0.25, -0.2) is 8.42 Å². The van der Waals surface area contributed by atoms with Crippen LogP contribution in [0.5, 0.6) is 0 Å². The van der Waals surface area contributed by atoms with Crippen LogP contribution in [0.3, 0.4) is 0 Å². The van der Waals surface area contributed by atoms with E-state index in [9.17, 15) is 26.4 Å². The molecule has 0 fully saturated rings. The van der Waals surface area contributed by atoms with Gasteiger partial charge in [0.1, 0.15) is 15.9 Å². The average Bonchev–Trinajstić information content (AvgIpc) is 3.26. The summed E-state index contributed by atoms with van der Waals surface area (Å²) in [5, 5.41) is 3.27. The number of nitrogens with one attached hydrogen (secondary N) is 2. The number of sulfonamides is 1. The maximum atomic E-state index is 13.4. The van der Waals surface area contributed by atoms with Crippen molar-refractivity contribution < 1.29 is 26.4 Å². The standard InChI is InChI=1S/C22H15Cl2F3N4O3S2/c1-11(14-8-6-13(23)10-16(14)24)28-21(32)15-7-5-12(22(25,26)27)9-18(15)31-36(33,34)19-4-2-3-17-20(19)30-35-29-17/h2-11,31H,1H3,(H,28,32). The van der Waals surface area contributed by atoms with Gasteiger partial charge >= 0.3 is 6.18 Å². The number of anilines is 1. The van der Waals surface area contributed by atoms with E-state index in [2.05, 4.69) is 18.8 Å². The van der Waals surface area contributed by atoms with Crippen molar-refractivity contribution in [1.82, 2.24) is 14.1 Å². The molecule has 0 radical (unpaired) electrons. The highest BCUT2D eigenvalue weighted by Gasteiger charge is 2.33. The van der Waals surface area contributed by atoms with E-state index >= 15 is 0 Å². The van der Waals surface area contributed by atoms with Crippen LogP contribution in [-0.2, 0) is 16.2 Å². The SMILES string of the molecule is CC(NC(=O)c1ccc(C(F)(F)F)cc1NS(=O)(=O)c1cccc2nsnc12)c1ccc(Cl)cc1Cl. The van der Waals surface area contributed by atoms with Crippen molar-refractivity contribution in [2.75, 3.05) is 4.72 Å². The van der Waals surface area contributed by atoms with E-state index in [4.69, 9.17) is 23.2 Å². The minimum atomic E-state index is -4.78. The molecule has 0 aliphatic heterocycles. The number of carbonyl (C=O) groups is 1. The van der Waals surface area contributed by atoms with Gasteiger partial charge in [-0.1, -0.05) is 35.3 Å². The second-order valence-corrected chi connectivity index (χ2v) is 10.6. The molecule has 3 aromatic carbocycles. The number of halogens is 5. The fourth-order valence-corrected chi connectivity index (χ4v) is 5.82. The van der Waals surface area contributed by atoms with E-state index in [0.29, 0.717) is 28.2 Å². The monoisotopic (exact) mass is 574 g/mol. The number of fused-ring (bicyclic) bond motifs is 1. The number of hydrogen-bond acceptors (Lipinski definition) is 6. The number of hydrogen-bond donors (Lipinski definition) is 2. The Balaban J connectivity index is 1.72. The third-order valence-corrected chi connectivity index (χ3v) is 7.65. The number of nitrogens with zero attached hydrogens (tertiary/aromatic N) is 2. The summed E-state index contributed by atoms with van der Waals surface area (Å²) in [4.78, 5) is 12.8. The van der Waals surface area contributed by atoms with Crippen molar-refractivity contribution in [2.24, 2.45) is 0 Å². The smallest absolute Gasteiger partial charge is 0.345 e. The van der Waals surface area contributed by atoms with E-state index in [0.717, 1.165) is 17.8 Å².